The summed E-state index contributed by atoms with van der Waals surface area (Å²) in [7, 11) is 1.59. The normalized spacial score (nSPS) is 20.0. The number of nitrogens with one attached hydrogen (secondary N) is 1. The molecule has 0 bridgehead atoms. The molecule has 1 N–H and O–H groups in total. The maximum absolute atomic E-state index is 12.4. The van der Waals surface area contributed by atoms with Gasteiger partial charge in [-0.15, -0.1) is 0 Å². The molecule has 0 radical (unpaired) electrons. The Labute approximate surface area is 124 Å². The van der Waals surface area contributed by atoms with Gasteiger partial charge in [-0.1, -0.05) is 30.3 Å². The zero-order valence-corrected chi connectivity index (χ0v) is 12.1. The highest BCUT2D eigenvalue weighted by Gasteiger charge is 2.34. The molecular formula is C16H19N3O2. The van der Waals surface area contributed by atoms with Crippen molar-refractivity contribution in [2.75, 3.05) is 7.05 Å². The van der Waals surface area contributed by atoms with E-state index in [0.717, 1.165) is 18.4 Å². The number of rotatable bonds is 4. The molecule has 21 heavy (non-hydrogen) atoms. The quantitative estimate of drug-likeness (QED) is 0.918. The van der Waals surface area contributed by atoms with E-state index < -0.39 is 0 Å². The summed E-state index contributed by atoms with van der Waals surface area (Å²) in [5.41, 5.74) is 1.58. The first-order valence-electron chi connectivity index (χ1n) is 7.35. The highest BCUT2D eigenvalue weighted by atomic mass is 16.2. The highest BCUT2D eigenvalue weighted by Crippen LogP contribution is 2.40. The Morgan fingerprint density at radius 2 is 2.00 bits per heavy atom. The van der Waals surface area contributed by atoms with Gasteiger partial charge in [-0.3, -0.25) is 9.59 Å². The van der Waals surface area contributed by atoms with Crippen LogP contribution in [-0.2, 0) is 9.59 Å². The fourth-order valence-corrected chi connectivity index (χ4v) is 2.62. The maximum atomic E-state index is 12.4. The minimum absolute atomic E-state index is 0.0457. The van der Waals surface area contributed by atoms with Crippen molar-refractivity contribution in [1.82, 2.24) is 10.3 Å². The van der Waals surface area contributed by atoms with Crippen LogP contribution in [0.4, 0.5) is 0 Å². The Kier molecular flexibility index (Phi) is 3.73. The van der Waals surface area contributed by atoms with Gasteiger partial charge in [-0.25, -0.2) is 5.01 Å². The standard InChI is InChI=1S/C16H19N3O2/c1-19-14(20)10-9-13(18-19)16(21)17-15(12-7-8-12)11-5-3-2-4-6-11/h2-6,12,15H,7-10H2,1H3,(H,17,21)/t15-/m0/s1. The molecule has 0 unspecified atom stereocenters. The summed E-state index contributed by atoms with van der Waals surface area (Å²) in [6.07, 6.45) is 3.05. The van der Waals surface area contributed by atoms with E-state index in [2.05, 4.69) is 10.4 Å². The second kappa shape index (κ2) is 5.68. The van der Waals surface area contributed by atoms with Crippen molar-refractivity contribution in [2.45, 2.75) is 31.7 Å². The van der Waals surface area contributed by atoms with Crippen molar-refractivity contribution in [3.05, 3.63) is 35.9 Å². The van der Waals surface area contributed by atoms with E-state index in [9.17, 15) is 9.59 Å². The van der Waals surface area contributed by atoms with Crippen LogP contribution in [-0.4, -0.2) is 29.6 Å². The third-order valence-corrected chi connectivity index (χ3v) is 4.01. The minimum Gasteiger partial charge on any atom is -0.344 e. The molecule has 1 saturated carbocycles. The number of carbonyl (C=O) groups excluding carboxylic acids is 2. The van der Waals surface area contributed by atoms with Gasteiger partial charge in [0, 0.05) is 19.9 Å². The van der Waals surface area contributed by atoms with E-state index in [1.165, 1.54) is 5.01 Å². The first kappa shape index (κ1) is 13.8. The molecule has 2 aliphatic rings. The highest BCUT2D eigenvalue weighted by molar-refractivity contribution is 6.39. The van der Waals surface area contributed by atoms with Gasteiger partial charge in [0.1, 0.15) is 5.71 Å². The second-order valence-electron chi connectivity index (χ2n) is 5.66. The molecule has 110 valence electrons. The smallest absolute Gasteiger partial charge is 0.267 e. The molecule has 1 heterocycles. The average molecular weight is 285 g/mol. The molecule has 1 aromatic rings. The zero-order chi connectivity index (χ0) is 14.8. The Hall–Kier alpha value is -2.17. The van der Waals surface area contributed by atoms with Crippen molar-refractivity contribution in [1.29, 1.82) is 0 Å². The number of benzene rings is 1. The van der Waals surface area contributed by atoms with Gasteiger partial charge in [0.05, 0.1) is 6.04 Å². The van der Waals surface area contributed by atoms with Gasteiger partial charge in [0.15, 0.2) is 0 Å². The Bertz CT molecular complexity index is 578. The monoisotopic (exact) mass is 285 g/mol. The third-order valence-electron chi connectivity index (χ3n) is 4.01. The van der Waals surface area contributed by atoms with Crippen LogP contribution < -0.4 is 5.32 Å². The number of amides is 2. The van der Waals surface area contributed by atoms with Crippen LogP contribution >= 0.6 is 0 Å². The summed E-state index contributed by atoms with van der Waals surface area (Å²) in [4.78, 5) is 23.8. The fraction of sp³-hybridized carbons (Fsp3) is 0.438. The first-order chi connectivity index (χ1) is 10.1. The lowest BCUT2D eigenvalue weighted by Gasteiger charge is -2.22. The van der Waals surface area contributed by atoms with Crippen LogP contribution in [0.1, 0.15) is 37.3 Å². The van der Waals surface area contributed by atoms with E-state index in [1.54, 1.807) is 7.05 Å². The molecule has 1 aromatic carbocycles. The van der Waals surface area contributed by atoms with Crippen LogP contribution in [0.25, 0.3) is 0 Å². The van der Waals surface area contributed by atoms with Crippen molar-refractivity contribution in [2.24, 2.45) is 11.0 Å². The molecule has 1 aliphatic carbocycles. The third kappa shape index (κ3) is 3.12. The van der Waals surface area contributed by atoms with Crippen LogP contribution in [0.15, 0.2) is 35.4 Å². The van der Waals surface area contributed by atoms with Gasteiger partial charge in [0.25, 0.3) is 5.91 Å². The summed E-state index contributed by atoms with van der Waals surface area (Å²) >= 11 is 0. The molecule has 1 aliphatic heterocycles. The van der Waals surface area contributed by atoms with Gasteiger partial charge in [-0.2, -0.15) is 5.10 Å². The molecule has 3 rings (SSSR count). The Balaban J connectivity index is 1.73. The van der Waals surface area contributed by atoms with E-state index in [4.69, 9.17) is 0 Å². The predicted molar refractivity (Wildman–Crippen MR) is 79.5 cm³/mol. The number of hydrazone groups is 1. The lowest BCUT2D eigenvalue weighted by molar-refractivity contribution is -0.130. The molecular weight excluding hydrogens is 266 g/mol. The SMILES string of the molecule is CN1N=C(C(=O)N[C@@H](c2ccccc2)C2CC2)CCC1=O. The number of nitrogens with zero attached hydrogens (tertiary/aromatic N) is 2. The first-order valence-corrected chi connectivity index (χ1v) is 7.35. The summed E-state index contributed by atoms with van der Waals surface area (Å²) in [6, 6.07) is 10.1. The zero-order valence-electron chi connectivity index (χ0n) is 12.1. The van der Waals surface area contributed by atoms with Crippen molar-refractivity contribution < 1.29 is 9.59 Å². The lowest BCUT2D eigenvalue weighted by Crippen LogP contribution is -2.39. The number of hydrogen-bond donors (Lipinski definition) is 1. The lowest BCUT2D eigenvalue weighted by atomic mass is 10.0. The van der Waals surface area contributed by atoms with Gasteiger partial charge < -0.3 is 5.32 Å². The van der Waals surface area contributed by atoms with Gasteiger partial charge in [-0.05, 0) is 24.3 Å². The molecule has 0 aromatic heterocycles. The topological polar surface area (TPSA) is 61.8 Å². The van der Waals surface area contributed by atoms with E-state index in [-0.39, 0.29) is 17.9 Å². The Morgan fingerprint density at radius 1 is 1.29 bits per heavy atom. The molecule has 1 atom stereocenters. The molecule has 5 nitrogen and oxygen atoms in total. The molecule has 5 heteroatoms. The van der Waals surface area contributed by atoms with Crippen molar-refractivity contribution in [3.8, 4) is 0 Å². The molecule has 0 saturated heterocycles. The average Bonchev–Trinajstić information content (AvgIpc) is 3.33. The predicted octanol–water partition coefficient (Wildman–Crippen LogP) is 1.86. The van der Waals surface area contributed by atoms with Gasteiger partial charge >= 0.3 is 0 Å². The molecule has 2 amide bonds. The maximum Gasteiger partial charge on any atom is 0.267 e. The van der Waals surface area contributed by atoms with Crippen LogP contribution in [0.5, 0.6) is 0 Å². The summed E-state index contributed by atoms with van der Waals surface area (Å²) < 4.78 is 0. The van der Waals surface area contributed by atoms with Crippen LogP contribution in [0, 0.1) is 5.92 Å². The van der Waals surface area contributed by atoms with Crippen LogP contribution in [0.3, 0.4) is 0 Å². The Morgan fingerprint density at radius 3 is 2.62 bits per heavy atom. The summed E-state index contributed by atoms with van der Waals surface area (Å²) in [5, 5.41) is 8.43. The van der Waals surface area contributed by atoms with Crippen molar-refractivity contribution in [3.63, 3.8) is 0 Å². The van der Waals surface area contributed by atoms with Crippen molar-refractivity contribution >= 4 is 17.5 Å². The van der Waals surface area contributed by atoms with Gasteiger partial charge in [0.2, 0.25) is 5.91 Å². The summed E-state index contributed by atoms with van der Waals surface area (Å²) in [6.45, 7) is 0. The van der Waals surface area contributed by atoms with E-state index in [1.807, 2.05) is 30.3 Å². The second-order valence-corrected chi connectivity index (χ2v) is 5.66. The minimum atomic E-state index is -0.157. The van der Waals surface area contributed by atoms with E-state index in [0.29, 0.717) is 24.5 Å². The number of carbonyl (C=O) groups is 2. The van der Waals surface area contributed by atoms with Crippen LogP contribution in [0.2, 0.25) is 0 Å². The largest absolute Gasteiger partial charge is 0.344 e. The number of hydrogen-bond acceptors (Lipinski definition) is 3. The molecule has 1 fully saturated rings. The van der Waals surface area contributed by atoms with E-state index >= 15 is 0 Å². The summed E-state index contributed by atoms with van der Waals surface area (Å²) in [5.74, 6) is 0.309. The molecule has 0 spiro atoms. The fourth-order valence-electron chi connectivity index (χ4n) is 2.62.